The third-order valence-electron chi connectivity index (χ3n) is 3.58. The molecule has 7 nitrogen and oxygen atoms in total. The second kappa shape index (κ2) is 8.85. The highest BCUT2D eigenvalue weighted by molar-refractivity contribution is 8.00. The number of aromatic nitrogens is 2. The van der Waals surface area contributed by atoms with Crippen molar-refractivity contribution in [2.24, 2.45) is 0 Å². The molecule has 3 aromatic rings. The summed E-state index contributed by atoms with van der Waals surface area (Å²) in [6.07, 6.45) is 1.48. The summed E-state index contributed by atoms with van der Waals surface area (Å²) in [6.45, 7) is 1.74. The van der Waals surface area contributed by atoms with Crippen LogP contribution >= 0.6 is 11.8 Å². The van der Waals surface area contributed by atoms with E-state index < -0.39 is 10.0 Å². The minimum atomic E-state index is -3.81. The Morgan fingerprint density at radius 3 is 2.43 bits per heavy atom. The fraction of sp³-hybridized carbons (Fsp3) is 0.105. The molecule has 1 aromatic heterocycles. The normalized spacial score (nSPS) is 11.0. The molecule has 0 bridgehead atoms. The van der Waals surface area contributed by atoms with Crippen LogP contribution in [0.3, 0.4) is 0 Å². The molecule has 0 unspecified atom stereocenters. The highest BCUT2D eigenvalue weighted by atomic mass is 32.2. The van der Waals surface area contributed by atoms with E-state index in [1.165, 1.54) is 42.2 Å². The first-order valence-corrected chi connectivity index (χ1v) is 10.8. The maximum Gasteiger partial charge on any atom is 0.264 e. The Morgan fingerprint density at radius 1 is 1.04 bits per heavy atom. The summed E-state index contributed by atoms with van der Waals surface area (Å²) in [5, 5.41) is 2.75. The largest absolute Gasteiger partial charge is 0.325 e. The SMILES string of the molecule is Cc1ccnc(NS(=O)(=O)c2ccc(NC(=O)CSc3ccccc3)cc2)n1. The van der Waals surface area contributed by atoms with Gasteiger partial charge in [-0.2, -0.15) is 0 Å². The molecule has 3 rings (SSSR count). The number of nitrogens with zero attached hydrogens (tertiary/aromatic N) is 2. The zero-order valence-corrected chi connectivity index (χ0v) is 16.6. The van der Waals surface area contributed by atoms with Crippen LogP contribution < -0.4 is 10.0 Å². The van der Waals surface area contributed by atoms with Gasteiger partial charge in [-0.1, -0.05) is 18.2 Å². The van der Waals surface area contributed by atoms with Crippen molar-refractivity contribution in [2.45, 2.75) is 16.7 Å². The third-order valence-corrected chi connectivity index (χ3v) is 5.94. The Kier molecular flexibility index (Phi) is 6.27. The quantitative estimate of drug-likeness (QED) is 0.575. The van der Waals surface area contributed by atoms with Crippen LogP contribution in [0.4, 0.5) is 11.6 Å². The number of hydrogen-bond donors (Lipinski definition) is 2. The molecular formula is C19H18N4O3S2. The Labute approximate surface area is 167 Å². The van der Waals surface area contributed by atoms with Crippen LogP contribution in [0.1, 0.15) is 5.69 Å². The number of aryl methyl sites for hydroxylation is 1. The first kappa shape index (κ1) is 19.8. The molecule has 1 amide bonds. The summed E-state index contributed by atoms with van der Waals surface area (Å²) in [4.78, 5) is 21.0. The lowest BCUT2D eigenvalue weighted by atomic mass is 10.3. The van der Waals surface area contributed by atoms with Gasteiger partial charge in [0.25, 0.3) is 10.0 Å². The Morgan fingerprint density at radius 2 is 1.75 bits per heavy atom. The number of carbonyl (C=O) groups excluding carboxylic acids is 1. The fourth-order valence-electron chi connectivity index (χ4n) is 2.26. The van der Waals surface area contributed by atoms with Crippen LogP contribution in [0.2, 0.25) is 0 Å². The monoisotopic (exact) mass is 414 g/mol. The number of carbonyl (C=O) groups is 1. The fourth-order valence-corrected chi connectivity index (χ4v) is 3.93. The first-order chi connectivity index (χ1) is 13.4. The predicted molar refractivity (Wildman–Crippen MR) is 110 cm³/mol. The maximum atomic E-state index is 12.4. The summed E-state index contributed by atoms with van der Waals surface area (Å²) < 4.78 is 27.2. The van der Waals surface area contributed by atoms with E-state index >= 15 is 0 Å². The van der Waals surface area contributed by atoms with Crippen molar-refractivity contribution < 1.29 is 13.2 Å². The van der Waals surface area contributed by atoms with Crippen LogP contribution in [0.15, 0.2) is 76.7 Å². The second-order valence-electron chi connectivity index (χ2n) is 5.80. The van der Waals surface area contributed by atoms with Gasteiger partial charge < -0.3 is 5.32 Å². The molecule has 0 aliphatic carbocycles. The molecule has 1 heterocycles. The lowest BCUT2D eigenvalue weighted by Crippen LogP contribution is -2.16. The number of benzene rings is 2. The van der Waals surface area contributed by atoms with Crippen LogP contribution in [0.25, 0.3) is 0 Å². The molecule has 0 spiro atoms. The molecule has 9 heteroatoms. The van der Waals surface area contributed by atoms with Crippen molar-refractivity contribution in [3.8, 4) is 0 Å². The lowest BCUT2D eigenvalue weighted by molar-refractivity contribution is -0.113. The predicted octanol–water partition coefficient (Wildman–Crippen LogP) is 3.32. The van der Waals surface area contributed by atoms with Gasteiger partial charge >= 0.3 is 0 Å². The van der Waals surface area contributed by atoms with Gasteiger partial charge in [0, 0.05) is 22.5 Å². The minimum Gasteiger partial charge on any atom is -0.325 e. The average molecular weight is 415 g/mol. The topological polar surface area (TPSA) is 101 Å². The standard InChI is InChI=1S/C19H18N4O3S2/c1-14-11-12-20-19(21-14)23-28(25,26)17-9-7-15(8-10-17)22-18(24)13-27-16-5-3-2-4-6-16/h2-12H,13H2,1H3,(H,22,24)(H,20,21,23). The van der Waals surface area contributed by atoms with E-state index in [4.69, 9.17) is 0 Å². The van der Waals surface area contributed by atoms with Gasteiger partial charge in [-0.15, -0.1) is 11.8 Å². The molecule has 0 saturated carbocycles. The molecular weight excluding hydrogens is 396 g/mol. The molecule has 28 heavy (non-hydrogen) atoms. The average Bonchev–Trinajstić information content (AvgIpc) is 2.67. The van der Waals surface area contributed by atoms with E-state index in [1.54, 1.807) is 13.0 Å². The smallest absolute Gasteiger partial charge is 0.264 e. The first-order valence-electron chi connectivity index (χ1n) is 8.33. The van der Waals surface area contributed by atoms with E-state index in [0.29, 0.717) is 11.4 Å². The molecule has 0 atom stereocenters. The van der Waals surface area contributed by atoms with Crippen molar-refractivity contribution in [1.82, 2.24) is 9.97 Å². The molecule has 0 radical (unpaired) electrons. The summed E-state index contributed by atoms with van der Waals surface area (Å²) in [6, 6.07) is 17.2. The Hall–Kier alpha value is -2.91. The molecule has 0 aliphatic rings. The van der Waals surface area contributed by atoms with Crippen LogP contribution in [0.5, 0.6) is 0 Å². The van der Waals surface area contributed by atoms with Crippen molar-refractivity contribution in [3.05, 3.63) is 72.6 Å². The molecule has 144 valence electrons. The van der Waals surface area contributed by atoms with Crippen LogP contribution in [-0.2, 0) is 14.8 Å². The third kappa shape index (κ3) is 5.54. The summed E-state index contributed by atoms with van der Waals surface area (Å²) in [7, 11) is -3.81. The van der Waals surface area contributed by atoms with Gasteiger partial charge in [0.2, 0.25) is 11.9 Å². The number of anilines is 2. The number of hydrogen-bond acceptors (Lipinski definition) is 6. The Balaban J connectivity index is 1.60. The number of thioether (sulfide) groups is 1. The van der Waals surface area contributed by atoms with Gasteiger partial charge in [-0.3, -0.25) is 4.79 Å². The molecule has 2 N–H and O–H groups in total. The summed E-state index contributed by atoms with van der Waals surface area (Å²) in [5.74, 6) is 0.0992. The highest BCUT2D eigenvalue weighted by Crippen LogP contribution is 2.19. The molecule has 0 saturated heterocycles. The van der Waals surface area contributed by atoms with Crippen LogP contribution in [-0.4, -0.2) is 30.0 Å². The van der Waals surface area contributed by atoms with Gasteiger partial charge in [0.05, 0.1) is 10.6 Å². The highest BCUT2D eigenvalue weighted by Gasteiger charge is 2.16. The number of nitrogens with one attached hydrogen (secondary N) is 2. The van der Waals surface area contributed by atoms with E-state index in [1.807, 2.05) is 30.3 Å². The van der Waals surface area contributed by atoms with E-state index in [0.717, 1.165) is 4.90 Å². The number of rotatable bonds is 7. The van der Waals surface area contributed by atoms with Gasteiger partial charge in [0.1, 0.15) is 0 Å². The van der Waals surface area contributed by atoms with Gasteiger partial charge in [-0.05, 0) is 49.4 Å². The lowest BCUT2D eigenvalue weighted by Gasteiger charge is -2.09. The van der Waals surface area contributed by atoms with Crippen molar-refractivity contribution >= 4 is 39.3 Å². The van der Waals surface area contributed by atoms with Crippen molar-refractivity contribution in [1.29, 1.82) is 0 Å². The number of sulfonamides is 1. The van der Waals surface area contributed by atoms with E-state index in [2.05, 4.69) is 20.0 Å². The summed E-state index contributed by atoms with van der Waals surface area (Å²) >= 11 is 1.43. The molecule has 0 fully saturated rings. The van der Waals surface area contributed by atoms with Crippen LogP contribution in [0, 0.1) is 6.92 Å². The van der Waals surface area contributed by atoms with Gasteiger partial charge in [-0.25, -0.2) is 23.1 Å². The zero-order chi connectivity index (χ0) is 20.0. The van der Waals surface area contributed by atoms with E-state index in [-0.39, 0.29) is 22.5 Å². The summed E-state index contributed by atoms with van der Waals surface area (Å²) in [5.41, 5.74) is 1.17. The zero-order valence-electron chi connectivity index (χ0n) is 15.0. The Bertz CT molecular complexity index is 1060. The minimum absolute atomic E-state index is 0.00955. The van der Waals surface area contributed by atoms with Crippen molar-refractivity contribution in [3.63, 3.8) is 0 Å². The second-order valence-corrected chi connectivity index (χ2v) is 8.53. The molecule has 0 aliphatic heterocycles. The van der Waals surface area contributed by atoms with Crippen molar-refractivity contribution in [2.75, 3.05) is 15.8 Å². The number of amides is 1. The van der Waals surface area contributed by atoms with E-state index in [9.17, 15) is 13.2 Å². The van der Waals surface area contributed by atoms with Gasteiger partial charge in [0.15, 0.2) is 0 Å². The molecule has 2 aromatic carbocycles. The maximum absolute atomic E-state index is 12.4.